The van der Waals surface area contributed by atoms with Gasteiger partial charge < -0.3 is 10.0 Å². The largest absolute Gasteiger partial charge is 0.481 e. The Kier molecular flexibility index (Phi) is 3.85. The van der Waals surface area contributed by atoms with Crippen LogP contribution in [0.2, 0.25) is 0 Å². The van der Waals surface area contributed by atoms with E-state index < -0.39 is 5.97 Å². The van der Waals surface area contributed by atoms with Gasteiger partial charge in [-0.25, -0.2) is 0 Å². The molecular formula is C10H13NO3S. The van der Waals surface area contributed by atoms with Gasteiger partial charge in [-0.1, -0.05) is 6.07 Å². The number of carboxylic acids is 1. The minimum Gasteiger partial charge on any atom is -0.481 e. The molecule has 5 heteroatoms. The molecule has 0 fully saturated rings. The molecule has 0 aliphatic rings. The quantitative estimate of drug-likeness (QED) is 0.851. The molecule has 1 amide bonds. The van der Waals surface area contributed by atoms with Gasteiger partial charge in [0, 0.05) is 13.1 Å². The maximum atomic E-state index is 11.8. The molecule has 0 aliphatic carbocycles. The van der Waals surface area contributed by atoms with Crippen LogP contribution in [0.5, 0.6) is 0 Å². The molecule has 0 bridgehead atoms. The Balaban J connectivity index is 2.64. The van der Waals surface area contributed by atoms with Crippen LogP contribution in [0.4, 0.5) is 0 Å². The van der Waals surface area contributed by atoms with Crippen LogP contribution in [-0.2, 0) is 4.79 Å². The molecule has 1 N–H and O–H groups in total. The molecule has 0 saturated carbocycles. The van der Waals surface area contributed by atoms with Gasteiger partial charge in [-0.3, -0.25) is 9.59 Å². The number of aliphatic carboxylic acids is 1. The molecule has 0 spiro atoms. The van der Waals surface area contributed by atoms with Crippen molar-refractivity contribution < 1.29 is 14.7 Å². The smallest absolute Gasteiger partial charge is 0.305 e. The Hall–Kier alpha value is -1.36. The highest BCUT2D eigenvalue weighted by Crippen LogP contribution is 2.13. The third-order valence-electron chi connectivity index (χ3n) is 2.18. The Morgan fingerprint density at radius 3 is 2.73 bits per heavy atom. The lowest BCUT2D eigenvalue weighted by atomic mass is 10.2. The molecule has 1 unspecified atom stereocenters. The lowest BCUT2D eigenvalue weighted by Gasteiger charge is -2.22. The van der Waals surface area contributed by atoms with E-state index in [9.17, 15) is 9.59 Å². The fourth-order valence-electron chi connectivity index (χ4n) is 1.16. The minimum absolute atomic E-state index is 0.0341. The van der Waals surface area contributed by atoms with E-state index >= 15 is 0 Å². The van der Waals surface area contributed by atoms with Gasteiger partial charge in [0.1, 0.15) is 0 Å². The van der Waals surface area contributed by atoms with Crippen LogP contribution < -0.4 is 0 Å². The van der Waals surface area contributed by atoms with Crippen LogP contribution in [0.25, 0.3) is 0 Å². The molecule has 1 aromatic rings. The van der Waals surface area contributed by atoms with Gasteiger partial charge in [-0.2, -0.15) is 0 Å². The van der Waals surface area contributed by atoms with Crippen molar-refractivity contribution in [1.29, 1.82) is 0 Å². The first-order valence-corrected chi connectivity index (χ1v) is 5.42. The number of carbonyl (C=O) groups excluding carboxylic acids is 1. The lowest BCUT2D eigenvalue weighted by Crippen LogP contribution is -2.36. The van der Waals surface area contributed by atoms with Gasteiger partial charge in [-0.15, -0.1) is 11.3 Å². The number of nitrogens with zero attached hydrogens (tertiary/aromatic N) is 1. The predicted octanol–water partition coefficient (Wildman–Crippen LogP) is 1.68. The summed E-state index contributed by atoms with van der Waals surface area (Å²) in [6, 6.07) is 3.24. The van der Waals surface area contributed by atoms with E-state index in [1.165, 1.54) is 16.2 Å². The van der Waals surface area contributed by atoms with E-state index in [0.29, 0.717) is 4.88 Å². The number of amides is 1. The SMILES string of the molecule is CC(CC(=O)O)N(C)C(=O)c1cccs1. The molecule has 1 rings (SSSR count). The first-order valence-electron chi connectivity index (χ1n) is 4.55. The second-order valence-electron chi connectivity index (χ2n) is 3.34. The summed E-state index contributed by atoms with van der Waals surface area (Å²) < 4.78 is 0. The molecule has 15 heavy (non-hydrogen) atoms. The van der Waals surface area contributed by atoms with Crippen LogP contribution in [0.1, 0.15) is 23.0 Å². The second kappa shape index (κ2) is 4.93. The zero-order valence-electron chi connectivity index (χ0n) is 8.64. The van der Waals surface area contributed by atoms with Gasteiger partial charge in [0.05, 0.1) is 11.3 Å². The van der Waals surface area contributed by atoms with E-state index in [4.69, 9.17) is 5.11 Å². The third kappa shape index (κ3) is 3.06. The zero-order chi connectivity index (χ0) is 11.4. The Morgan fingerprint density at radius 2 is 2.27 bits per heavy atom. The molecule has 1 aromatic heterocycles. The standard InChI is InChI=1S/C10H13NO3S/c1-7(6-9(12)13)11(2)10(14)8-4-3-5-15-8/h3-5,7H,6H2,1-2H3,(H,12,13). The summed E-state index contributed by atoms with van der Waals surface area (Å²) in [6.45, 7) is 1.72. The van der Waals surface area contributed by atoms with Crippen molar-refractivity contribution in [3.63, 3.8) is 0 Å². The van der Waals surface area contributed by atoms with Crippen LogP contribution in [0.15, 0.2) is 17.5 Å². The van der Waals surface area contributed by atoms with E-state index in [2.05, 4.69) is 0 Å². The Morgan fingerprint density at radius 1 is 1.60 bits per heavy atom. The van der Waals surface area contributed by atoms with E-state index in [1.54, 1.807) is 26.1 Å². The Labute approximate surface area is 92.1 Å². The topological polar surface area (TPSA) is 57.6 Å². The lowest BCUT2D eigenvalue weighted by molar-refractivity contribution is -0.137. The van der Waals surface area contributed by atoms with Gasteiger partial charge in [-0.05, 0) is 18.4 Å². The van der Waals surface area contributed by atoms with Crippen molar-refractivity contribution in [1.82, 2.24) is 4.90 Å². The Bertz CT molecular complexity index is 348. The van der Waals surface area contributed by atoms with Gasteiger partial charge >= 0.3 is 5.97 Å². The van der Waals surface area contributed by atoms with Crippen molar-refractivity contribution in [3.8, 4) is 0 Å². The highest BCUT2D eigenvalue weighted by Gasteiger charge is 2.19. The van der Waals surface area contributed by atoms with E-state index in [0.717, 1.165) is 0 Å². The van der Waals surface area contributed by atoms with E-state index in [1.807, 2.05) is 5.38 Å². The van der Waals surface area contributed by atoms with Crippen molar-refractivity contribution in [2.24, 2.45) is 0 Å². The molecule has 0 aromatic carbocycles. The highest BCUT2D eigenvalue weighted by molar-refractivity contribution is 7.12. The zero-order valence-corrected chi connectivity index (χ0v) is 9.45. The summed E-state index contributed by atoms with van der Waals surface area (Å²) in [7, 11) is 1.62. The summed E-state index contributed by atoms with van der Waals surface area (Å²) in [5.74, 6) is -1.02. The minimum atomic E-state index is -0.895. The number of thiophene rings is 1. The van der Waals surface area contributed by atoms with Crippen molar-refractivity contribution in [3.05, 3.63) is 22.4 Å². The van der Waals surface area contributed by atoms with Gasteiger partial charge in [0.25, 0.3) is 5.91 Å². The van der Waals surface area contributed by atoms with Crippen LogP contribution in [-0.4, -0.2) is 35.0 Å². The number of hydrogen-bond donors (Lipinski definition) is 1. The molecule has 82 valence electrons. The molecule has 0 aliphatic heterocycles. The van der Waals surface area contributed by atoms with Crippen LogP contribution in [0.3, 0.4) is 0 Å². The maximum absolute atomic E-state index is 11.8. The fourth-order valence-corrected chi connectivity index (χ4v) is 1.87. The molecule has 1 atom stereocenters. The predicted molar refractivity (Wildman–Crippen MR) is 58.1 cm³/mol. The summed E-state index contributed by atoms with van der Waals surface area (Å²) in [6.07, 6.45) is -0.0341. The normalized spacial score (nSPS) is 12.1. The number of hydrogen-bond acceptors (Lipinski definition) is 3. The second-order valence-corrected chi connectivity index (χ2v) is 4.29. The van der Waals surface area contributed by atoms with Crippen molar-refractivity contribution in [2.75, 3.05) is 7.05 Å². The van der Waals surface area contributed by atoms with Crippen molar-refractivity contribution in [2.45, 2.75) is 19.4 Å². The number of carboxylic acid groups (broad SMARTS) is 1. The molecule has 1 heterocycles. The summed E-state index contributed by atoms with van der Waals surface area (Å²) in [5.41, 5.74) is 0. The summed E-state index contributed by atoms with van der Waals surface area (Å²) in [4.78, 5) is 24.4. The molecule has 4 nitrogen and oxygen atoms in total. The molecule has 0 saturated heterocycles. The first-order chi connectivity index (χ1) is 7.02. The average Bonchev–Trinajstić information content (AvgIpc) is 2.67. The first kappa shape index (κ1) is 11.7. The van der Waals surface area contributed by atoms with Gasteiger partial charge in [0.15, 0.2) is 0 Å². The van der Waals surface area contributed by atoms with Crippen LogP contribution in [0, 0.1) is 0 Å². The highest BCUT2D eigenvalue weighted by atomic mass is 32.1. The molecular weight excluding hydrogens is 214 g/mol. The fraction of sp³-hybridized carbons (Fsp3) is 0.400. The maximum Gasteiger partial charge on any atom is 0.305 e. The van der Waals surface area contributed by atoms with Crippen LogP contribution >= 0.6 is 11.3 Å². The average molecular weight is 227 g/mol. The van der Waals surface area contributed by atoms with Gasteiger partial charge in [0.2, 0.25) is 0 Å². The molecule has 0 radical (unpaired) electrons. The number of carbonyl (C=O) groups is 2. The number of rotatable bonds is 4. The summed E-state index contributed by atoms with van der Waals surface area (Å²) in [5, 5.41) is 10.4. The van der Waals surface area contributed by atoms with Crippen molar-refractivity contribution >= 4 is 23.2 Å². The third-order valence-corrected chi connectivity index (χ3v) is 3.04. The van der Waals surface area contributed by atoms with E-state index in [-0.39, 0.29) is 18.4 Å². The monoisotopic (exact) mass is 227 g/mol. The summed E-state index contributed by atoms with van der Waals surface area (Å²) >= 11 is 1.36.